The van der Waals surface area contributed by atoms with Crippen LogP contribution in [0.15, 0.2) is 42.7 Å². The van der Waals surface area contributed by atoms with Gasteiger partial charge in [0.2, 0.25) is 5.91 Å². The lowest BCUT2D eigenvalue weighted by molar-refractivity contribution is -0.126. The number of anilines is 1. The molecule has 0 saturated carbocycles. The normalized spacial score (nSPS) is 11.7. The number of nitrogens with one attached hydrogen (secondary N) is 2. The summed E-state index contributed by atoms with van der Waals surface area (Å²) in [5.74, 6) is -0.465. The highest BCUT2D eigenvalue weighted by atomic mass is 16.5. The maximum Gasteiger partial charge on any atom is 0.258 e. The number of hydrogen-bond acceptors (Lipinski definition) is 4. The number of nitrogens with zero attached hydrogens (tertiary/aromatic N) is 2. The van der Waals surface area contributed by atoms with Gasteiger partial charge in [0.1, 0.15) is 6.54 Å². The van der Waals surface area contributed by atoms with E-state index in [1.807, 2.05) is 30.3 Å². The molecule has 2 amide bonds. The van der Waals surface area contributed by atoms with Crippen LogP contribution in [-0.2, 0) is 20.9 Å². The fourth-order valence-corrected chi connectivity index (χ4v) is 1.97. The van der Waals surface area contributed by atoms with Crippen LogP contribution in [0.25, 0.3) is 0 Å². The minimum Gasteiger partial charge on any atom is -0.367 e. The van der Waals surface area contributed by atoms with Crippen molar-refractivity contribution in [2.24, 2.45) is 0 Å². The first-order valence-electron chi connectivity index (χ1n) is 6.75. The zero-order valence-corrected chi connectivity index (χ0v) is 12.4. The lowest BCUT2D eigenvalue weighted by Crippen LogP contribution is -2.24. The Labute approximate surface area is 128 Å². The molecule has 2 rings (SSSR count). The Balaban J connectivity index is 2.03. The molecule has 0 fully saturated rings. The summed E-state index contributed by atoms with van der Waals surface area (Å²) < 4.78 is 6.70. The summed E-state index contributed by atoms with van der Waals surface area (Å²) in [5.41, 5.74) is 1.27. The number of likely N-dealkylation sites (N-methyl/N-ethyl adjacent to an activating group) is 1. The molecule has 7 nitrogen and oxygen atoms in total. The fourth-order valence-electron chi connectivity index (χ4n) is 1.97. The summed E-state index contributed by atoms with van der Waals surface area (Å²) in [6.45, 7) is 0.0960. The molecule has 0 spiro atoms. The molecule has 0 radical (unpaired) electrons. The molecule has 1 aromatic heterocycles. The maximum absolute atomic E-state index is 12.3. The number of aromatic nitrogens is 2. The molecule has 116 valence electrons. The number of methoxy groups -OCH3 is 1. The molecule has 1 unspecified atom stereocenters. The van der Waals surface area contributed by atoms with Gasteiger partial charge in [0, 0.05) is 20.4 Å². The number of rotatable bonds is 6. The van der Waals surface area contributed by atoms with Crippen LogP contribution in [-0.4, -0.2) is 35.8 Å². The molecule has 2 aromatic rings. The van der Waals surface area contributed by atoms with Crippen LogP contribution in [0, 0.1) is 0 Å². The lowest BCUT2D eigenvalue weighted by Gasteiger charge is -2.14. The van der Waals surface area contributed by atoms with E-state index in [4.69, 9.17) is 4.74 Å². The van der Waals surface area contributed by atoms with E-state index in [9.17, 15) is 9.59 Å². The molecule has 1 atom stereocenters. The molecular formula is C15H18N4O3. The topological polar surface area (TPSA) is 85.2 Å². The molecule has 0 aliphatic carbocycles. The van der Waals surface area contributed by atoms with Crippen LogP contribution in [0.1, 0.15) is 11.7 Å². The van der Waals surface area contributed by atoms with Gasteiger partial charge < -0.3 is 15.4 Å². The molecule has 7 heteroatoms. The first kappa shape index (κ1) is 15.7. The average molecular weight is 302 g/mol. The third-order valence-electron chi connectivity index (χ3n) is 3.06. The fraction of sp³-hybridized carbons (Fsp3) is 0.267. The van der Waals surface area contributed by atoms with E-state index in [2.05, 4.69) is 15.7 Å². The molecule has 1 heterocycles. The van der Waals surface area contributed by atoms with E-state index in [1.54, 1.807) is 13.2 Å². The average Bonchev–Trinajstić information content (AvgIpc) is 2.96. The number of benzene rings is 1. The Hall–Kier alpha value is -2.67. The van der Waals surface area contributed by atoms with E-state index in [1.165, 1.54) is 18.0 Å². The van der Waals surface area contributed by atoms with Gasteiger partial charge >= 0.3 is 0 Å². The van der Waals surface area contributed by atoms with Gasteiger partial charge in [-0.25, -0.2) is 0 Å². The number of carbonyl (C=O) groups excluding carboxylic acids is 2. The zero-order valence-electron chi connectivity index (χ0n) is 12.4. The second-order valence-corrected chi connectivity index (χ2v) is 4.62. The number of hydrogen-bond donors (Lipinski definition) is 2. The summed E-state index contributed by atoms with van der Waals surface area (Å²) in [6, 6.07) is 9.20. The SMILES string of the molecule is CNC(=O)Cn1cc(NC(=O)C(OC)c2ccccc2)cn1. The van der Waals surface area contributed by atoms with Crippen molar-refractivity contribution >= 4 is 17.5 Å². The standard InChI is InChI=1S/C15H18N4O3/c1-16-13(20)10-19-9-12(8-17-19)18-15(21)14(22-2)11-6-4-3-5-7-11/h3-9,14H,10H2,1-2H3,(H,16,20)(H,18,21). The van der Waals surface area contributed by atoms with Gasteiger partial charge in [0.25, 0.3) is 5.91 Å². The Morgan fingerprint density at radius 2 is 2.05 bits per heavy atom. The maximum atomic E-state index is 12.3. The summed E-state index contributed by atoms with van der Waals surface area (Å²) in [7, 11) is 3.03. The summed E-state index contributed by atoms with van der Waals surface area (Å²) in [5, 5.41) is 9.24. The van der Waals surface area contributed by atoms with Crippen LogP contribution in [0.4, 0.5) is 5.69 Å². The Morgan fingerprint density at radius 3 is 2.68 bits per heavy atom. The van der Waals surface area contributed by atoms with E-state index < -0.39 is 6.10 Å². The molecule has 0 aliphatic heterocycles. The number of amides is 2. The Kier molecular flexibility index (Phi) is 5.26. The zero-order chi connectivity index (χ0) is 15.9. The molecule has 0 aliphatic rings. The molecule has 1 aromatic carbocycles. The summed E-state index contributed by atoms with van der Waals surface area (Å²) >= 11 is 0. The Bertz CT molecular complexity index is 639. The van der Waals surface area contributed by atoms with Crippen LogP contribution in [0.2, 0.25) is 0 Å². The molecule has 0 saturated heterocycles. The van der Waals surface area contributed by atoms with Crippen molar-refractivity contribution < 1.29 is 14.3 Å². The summed E-state index contributed by atoms with van der Waals surface area (Å²) in [6.07, 6.45) is 2.37. The number of ether oxygens (including phenoxy) is 1. The molecular weight excluding hydrogens is 284 g/mol. The first-order valence-corrected chi connectivity index (χ1v) is 6.75. The van der Waals surface area contributed by atoms with Gasteiger partial charge in [0.05, 0.1) is 11.9 Å². The third kappa shape index (κ3) is 3.92. The molecule has 22 heavy (non-hydrogen) atoms. The molecule has 0 bridgehead atoms. The Morgan fingerprint density at radius 1 is 1.32 bits per heavy atom. The highest BCUT2D eigenvalue weighted by Gasteiger charge is 2.20. The van der Waals surface area contributed by atoms with Crippen LogP contribution in [0.3, 0.4) is 0 Å². The second kappa shape index (κ2) is 7.37. The third-order valence-corrected chi connectivity index (χ3v) is 3.06. The first-order chi connectivity index (χ1) is 10.6. The minimum atomic E-state index is -0.705. The quantitative estimate of drug-likeness (QED) is 0.832. The monoisotopic (exact) mass is 302 g/mol. The van der Waals surface area contributed by atoms with Crippen LogP contribution in [0.5, 0.6) is 0 Å². The van der Waals surface area contributed by atoms with Gasteiger partial charge in [-0.2, -0.15) is 5.10 Å². The van der Waals surface area contributed by atoms with E-state index in [0.29, 0.717) is 5.69 Å². The predicted octanol–water partition coefficient (Wildman–Crippen LogP) is 0.955. The summed E-state index contributed by atoms with van der Waals surface area (Å²) in [4.78, 5) is 23.6. The van der Waals surface area contributed by atoms with Gasteiger partial charge in [0.15, 0.2) is 6.10 Å². The van der Waals surface area contributed by atoms with Crippen molar-refractivity contribution in [1.29, 1.82) is 0 Å². The highest BCUT2D eigenvalue weighted by Crippen LogP contribution is 2.18. The van der Waals surface area contributed by atoms with Crippen LogP contribution >= 0.6 is 0 Å². The van der Waals surface area contributed by atoms with Gasteiger partial charge in [-0.15, -0.1) is 0 Å². The van der Waals surface area contributed by atoms with Gasteiger partial charge in [-0.3, -0.25) is 14.3 Å². The lowest BCUT2D eigenvalue weighted by atomic mass is 10.1. The van der Waals surface area contributed by atoms with Crippen molar-refractivity contribution in [3.8, 4) is 0 Å². The van der Waals surface area contributed by atoms with E-state index >= 15 is 0 Å². The van der Waals surface area contributed by atoms with E-state index in [-0.39, 0.29) is 18.4 Å². The van der Waals surface area contributed by atoms with Crippen molar-refractivity contribution in [2.75, 3.05) is 19.5 Å². The van der Waals surface area contributed by atoms with Crippen LogP contribution < -0.4 is 10.6 Å². The largest absolute Gasteiger partial charge is 0.367 e. The second-order valence-electron chi connectivity index (χ2n) is 4.62. The number of carbonyl (C=O) groups is 2. The smallest absolute Gasteiger partial charge is 0.258 e. The van der Waals surface area contributed by atoms with Crippen molar-refractivity contribution in [3.63, 3.8) is 0 Å². The van der Waals surface area contributed by atoms with E-state index in [0.717, 1.165) is 5.56 Å². The van der Waals surface area contributed by atoms with Crippen molar-refractivity contribution in [2.45, 2.75) is 12.6 Å². The van der Waals surface area contributed by atoms with Crippen molar-refractivity contribution in [3.05, 3.63) is 48.3 Å². The van der Waals surface area contributed by atoms with Crippen molar-refractivity contribution in [1.82, 2.24) is 15.1 Å². The molecule has 2 N–H and O–H groups in total. The predicted molar refractivity (Wildman–Crippen MR) is 81.1 cm³/mol. The van der Waals surface area contributed by atoms with Gasteiger partial charge in [-0.05, 0) is 5.56 Å². The van der Waals surface area contributed by atoms with Gasteiger partial charge in [-0.1, -0.05) is 30.3 Å². The highest BCUT2D eigenvalue weighted by molar-refractivity contribution is 5.94. The minimum absolute atomic E-state index is 0.0960.